The van der Waals surface area contributed by atoms with E-state index in [1.54, 1.807) is 0 Å². The van der Waals surface area contributed by atoms with Crippen LogP contribution < -0.4 is 15.0 Å². The Balaban J connectivity index is 0.00000420. The Bertz CT molecular complexity index is 1350. The maximum Gasteiger partial charge on any atom is 0.573 e. The van der Waals surface area contributed by atoms with Gasteiger partial charge in [-0.25, -0.2) is 13.9 Å². The van der Waals surface area contributed by atoms with Crippen molar-refractivity contribution in [3.05, 3.63) is 84.4 Å². The summed E-state index contributed by atoms with van der Waals surface area (Å²) < 4.78 is 71.8. The lowest BCUT2D eigenvalue weighted by Gasteiger charge is -2.39. The molecule has 1 heterocycles. The molecule has 0 atom stereocenters. The third-order valence-corrected chi connectivity index (χ3v) is 8.88. The molecular formula is C26H26ClF3N2O6S. The number of nitrogens with one attached hydrogen (secondary N) is 1. The number of rotatable bonds is 8. The van der Waals surface area contributed by atoms with Crippen LogP contribution >= 0.6 is 12.4 Å². The van der Waals surface area contributed by atoms with Gasteiger partial charge in [0.15, 0.2) is 14.6 Å². The number of sulfone groups is 1. The van der Waals surface area contributed by atoms with E-state index in [4.69, 9.17) is 4.74 Å². The number of ether oxygens (including phenoxy) is 2. The molecule has 0 bridgehead atoms. The van der Waals surface area contributed by atoms with Gasteiger partial charge in [-0.3, -0.25) is 14.9 Å². The van der Waals surface area contributed by atoms with Crippen LogP contribution in [-0.2, 0) is 21.2 Å². The zero-order valence-corrected chi connectivity index (χ0v) is 22.1. The van der Waals surface area contributed by atoms with Crippen LogP contribution in [0.25, 0.3) is 0 Å². The van der Waals surface area contributed by atoms with Crippen LogP contribution in [0.3, 0.4) is 0 Å². The highest BCUT2D eigenvalue weighted by atomic mass is 35.5. The summed E-state index contributed by atoms with van der Waals surface area (Å²) in [5.74, 6) is -0.962. The van der Waals surface area contributed by atoms with E-state index in [0.29, 0.717) is 19.6 Å². The van der Waals surface area contributed by atoms with Crippen molar-refractivity contribution >= 4 is 28.2 Å². The molecule has 1 amide bonds. The lowest BCUT2D eigenvalue weighted by atomic mass is 9.94. The zero-order chi connectivity index (χ0) is 27.4. The number of amides is 1. The molecule has 0 aromatic heterocycles. The molecule has 8 nitrogen and oxygen atoms in total. The van der Waals surface area contributed by atoms with Gasteiger partial charge in [0.05, 0.1) is 4.90 Å². The summed E-state index contributed by atoms with van der Waals surface area (Å²) in [5.41, 5.74) is 2.60. The van der Waals surface area contributed by atoms with Crippen molar-refractivity contribution in [3.63, 3.8) is 0 Å². The van der Waals surface area contributed by atoms with E-state index in [9.17, 15) is 31.6 Å². The number of benzene rings is 3. The van der Waals surface area contributed by atoms with Crippen molar-refractivity contribution in [1.29, 1.82) is 0 Å². The van der Waals surface area contributed by atoms with Gasteiger partial charge in [-0.2, -0.15) is 0 Å². The van der Waals surface area contributed by atoms with Gasteiger partial charge in [-0.05, 0) is 66.9 Å². The first-order valence-corrected chi connectivity index (χ1v) is 13.1. The number of alkyl halides is 3. The summed E-state index contributed by atoms with van der Waals surface area (Å²) in [7, 11) is -4.22. The summed E-state index contributed by atoms with van der Waals surface area (Å²) in [6.45, 7) is 1.26. The lowest BCUT2D eigenvalue weighted by Crippen LogP contribution is -2.57. The van der Waals surface area contributed by atoms with E-state index in [0.717, 1.165) is 17.7 Å². The highest BCUT2D eigenvalue weighted by Crippen LogP contribution is 2.37. The molecule has 4 rings (SSSR count). The minimum Gasteiger partial charge on any atom is -0.457 e. The predicted octanol–water partition coefficient (Wildman–Crippen LogP) is 5.11. The van der Waals surface area contributed by atoms with Crippen molar-refractivity contribution in [2.45, 2.75) is 35.4 Å². The highest BCUT2D eigenvalue weighted by molar-refractivity contribution is 7.93. The number of hydrogen-bond acceptors (Lipinski definition) is 7. The average Bonchev–Trinajstić information content (AvgIpc) is 2.90. The summed E-state index contributed by atoms with van der Waals surface area (Å²) in [6.07, 6.45) is -4.84. The van der Waals surface area contributed by atoms with Crippen LogP contribution in [0, 0.1) is 0 Å². The number of hydrogen-bond donors (Lipinski definition) is 2. The molecule has 3 aromatic carbocycles. The monoisotopic (exact) mass is 586 g/mol. The van der Waals surface area contributed by atoms with E-state index >= 15 is 0 Å². The third-order valence-electron chi connectivity index (χ3n) is 6.37. The lowest BCUT2D eigenvalue weighted by molar-refractivity contribution is -0.274. The van der Waals surface area contributed by atoms with Crippen molar-refractivity contribution < 1.29 is 41.1 Å². The standard InChI is InChI=1S/C26H25F3N2O6S.ClH/c27-26(28,29)37-22-8-6-20(7-9-22)36-21-10-12-23(13-11-21)38(34,35)25(24(32)30-33)14-16-31(17-15-25)18-19-4-2-1-3-5-19;/h1-13,33H,14-18H2,(H,30,32);1H. The first-order chi connectivity index (χ1) is 18.0. The fraction of sp³-hybridized carbons (Fsp3) is 0.269. The normalized spacial score (nSPS) is 15.6. The second-order valence-corrected chi connectivity index (χ2v) is 11.1. The summed E-state index contributed by atoms with van der Waals surface area (Å²) in [4.78, 5) is 14.7. The van der Waals surface area contributed by atoms with Gasteiger partial charge in [0.25, 0.3) is 5.91 Å². The summed E-state index contributed by atoms with van der Waals surface area (Å²) >= 11 is 0. The number of halogens is 4. The number of carbonyl (C=O) groups is 1. The molecule has 1 fully saturated rings. The Morgan fingerprint density at radius 2 is 1.41 bits per heavy atom. The Hall–Kier alpha value is -3.32. The fourth-order valence-corrected chi connectivity index (χ4v) is 6.35. The molecule has 210 valence electrons. The molecule has 0 spiro atoms. The molecule has 1 aliphatic rings. The Morgan fingerprint density at radius 1 is 0.897 bits per heavy atom. The Labute approximate surface area is 229 Å². The molecule has 3 aromatic rings. The van der Waals surface area contributed by atoms with Crippen LogP contribution in [0.1, 0.15) is 18.4 Å². The molecule has 0 radical (unpaired) electrons. The van der Waals surface area contributed by atoms with Crippen molar-refractivity contribution in [2.75, 3.05) is 13.1 Å². The van der Waals surface area contributed by atoms with Crippen LogP contribution in [0.4, 0.5) is 13.2 Å². The van der Waals surface area contributed by atoms with E-state index < -0.39 is 32.6 Å². The number of carbonyl (C=O) groups excluding carboxylic acids is 1. The molecule has 0 saturated carbocycles. The number of nitrogens with zero attached hydrogens (tertiary/aromatic N) is 1. The molecule has 39 heavy (non-hydrogen) atoms. The van der Waals surface area contributed by atoms with Crippen molar-refractivity contribution in [2.24, 2.45) is 0 Å². The zero-order valence-electron chi connectivity index (χ0n) is 20.4. The number of likely N-dealkylation sites (tertiary alicyclic amines) is 1. The second-order valence-electron chi connectivity index (χ2n) is 8.79. The highest BCUT2D eigenvalue weighted by Gasteiger charge is 2.52. The van der Waals surface area contributed by atoms with Crippen LogP contribution in [0.15, 0.2) is 83.8 Å². The minimum atomic E-state index is -4.81. The average molecular weight is 587 g/mol. The Kier molecular flexibility index (Phi) is 9.49. The molecule has 0 unspecified atom stereocenters. The van der Waals surface area contributed by atoms with Crippen molar-refractivity contribution in [1.82, 2.24) is 10.4 Å². The van der Waals surface area contributed by atoms with Gasteiger partial charge in [0, 0.05) is 19.6 Å². The molecular weight excluding hydrogens is 561 g/mol. The van der Waals surface area contributed by atoms with Crippen LogP contribution in [0.5, 0.6) is 17.2 Å². The van der Waals surface area contributed by atoms with E-state index in [2.05, 4.69) is 9.64 Å². The predicted molar refractivity (Wildman–Crippen MR) is 138 cm³/mol. The number of piperidine rings is 1. The largest absolute Gasteiger partial charge is 0.573 e. The van der Waals surface area contributed by atoms with Crippen LogP contribution in [-0.4, -0.2) is 48.6 Å². The van der Waals surface area contributed by atoms with Gasteiger partial charge in [0.1, 0.15) is 17.2 Å². The van der Waals surface area contributed by atoms with Crippen molar-refractivity contribution in [3.8, 4) is 17.2 Å². The molecule has 1 aliphatic heterocycles. The molecule has 1 saturated heterocycles. The topological polar surface area (TPSA) is 105 Å². The molecule has 0 aliphatic carbocycles. The quantitative estimate of drug-likeness (QED) is 0.279. The fourth-order valence-electron chi connectivity index (χ4n) is 4.39. The van der Waals surface area contributed by atoms with Gasteiger partial charge in [-0.1, -0.05) is 30.3 Å². The first-order valence-electron chi connectivity index (χ1n) is 11.6. The Morgan fingerprint density at radius 3 is 1.92 bits per heavy atom. The second kappa shape index (κ2) is 12.2. The summed E-state index contributed by atoms with van der Waals surface area (Å²) in [5, 5.41) is 9.38. The van der Waals surface area contributed by atoms with Crippen LogP contribution in [0.2, 0.25) is 0 Å². The SMILES string of the molecule is Cl.O=C(NO)C1(S(=O)(=O)c2ccc(Oc3ccc(OC(F)(F)F)cc3)cc2)CCN(Cc2ccccc2)CC1. The van der Waals surface area contributed by atoms with Gasteiger partial charge in [-0.15, -0.1) is 25.6 Å². The van der Waals surface area contributed by atoms with E-state index in [1.807, 2.05) is 30.3 Å². The summed E-state index contributed by atoms with van der Waals surface area (Å²) in [6, 6.07) is 19.7. The smallest absolute Gasteiger partial charge is 0.457 e. The maximum atomic E-state index is 13.7. The first kappa shape index (κ1) is 30.2. The minimum absolute atomic E-state index is 0. The van der Waals surface area contributed by atoms with Gasteiger partial charge < -0.3 is 9.47 Å². The number of hydroxylamine groups is 1. The van der Waals surface area contributed by atoms with Gasteiger partial charge in [0.2, 0.25) is 0 Å². The van der Waals surface area contributed by atoms with E-state index in [-0.39, 0.29) is 41.6 Å². The third kappa shape index (κ3) is 7.01. The molecule has 13 heteroatoms. The van der Waals surface area contributed by atoms with E-state index in [1.165, 1.54) is 41.9 Å². The van der Waals surface area contributed by atoms with Gasteiger partial charge >= 0.3 is 6.36 Å². The molecule has 2 N–H and O–H groups in total. The maximum absolute atomic E-state index is 13.7.